The summed E-state index contributed by atoms with van der Waals surface area (Å²) in [6.07, 6.45) is 0. The van der Waals surface area contributed by atoms with E-state index in [2.05, 4.69) is 115 Å². The van der Waals surface area contributed by atoms with E-state index in [0.29, 0.717) is 0 Å². The summed E-state index contributed by atoms with van der Waals surface area (Å²) in [5.74, 6) is 0. The Kier molecular flexibility index (Phi) is 18.5. The first-order valence-electron chi connectivity index (χ1n) is 11.2. The molecule has 0 nitrogen and oxygen atoms in total. The Bertz CT molecular complexity index is 1160. The third-order valence-corrected chi connectivity index (χ3v) is 7.91. The molecular weight excluding hydrogens is 605 g/mol. The summed E-state index contributed by atoms with van der Waals surface area (Å²) in [6.45, 7) is 0. The van der Waals surface area contributed by atoms with Crippen molar-refractivity contribution in [2.45, 2.75) is 31.9 Å². The predicted molar refractivity (Wildman–Crippen MR) is 169 cm³/mol. The maximum absolute atomic E-state index is 4.94. The molecule has 0 saturated carbocycles. The van der Waals surface area contributed by atoms with Crippen LogP contribution in [0.1, 0.15) is 7.43 Å². The van der Waals surface area contributed by atoms with Crippen LogP contribution in [0, 0.1) is 0 Å². The van der Waals surface area contributed by atoms with Crippen molar-refractivity contribution in [1.82, 2.24) is 0 Å². The van der Waals surface area contributed by atoms with Crippen LogP contribution in [0.4, 0.5) is 0 Å². The van der Waals surface area contributed by atoms with Gasteiger partial charge in [-0.2, -0.15) is 0 Å². The van der Waals surface area contributed by atoms with Crippen LogP contribution in [0.2, 0.25) is 0 Å². The molecule has 196 valence electrons. The molecule has 0 heterocycles. The van der Waals surface area contributed by atoms with Gasteiger partial charge in [-0.05, 0) is 60.7 Å². The summed E-state index contributed by atoms with van der Waals surface area (Å²) < 4.78 is 0. The van der Waals surface area contributed by atoms with Crippen molar-refractivity contribution in [3.05, 3.63) is 152 Å². The second kappa shape index (κ2) is 20.4. The van der Waals surface area contributed by atoms with Gasteiger partial charge in [-0.1, -0.05) is 110 Å². The summed E-state index contributed by atoms with van der Waals surface area (Å²) >= 11 is 0.0805. The number of rotatable bonds is 5. The van der Waals surface area contributed by atoms with Crippen molar-refractivity contribution in [2.24, 2.45) is 0 Å². The normalized spacial score (nSPS) is 9.37. The molecule has 0 saturated heterocycles. The molecule has 0 aliphatic rings. The summed E-state index contributed by atoms with van der Waals surface area (Å²) in [5.41, 5.74) is 0. The molecule has 5 aromatic carbocycles. The van der Waals surface area contributed by atoms with Crippen LogP contribution in [0.25, 0.3) is 0 Å². The number of hydrogen-bond donors (Lipinski definition) is 0. The van der Waals surface area contributed by atoms with Gasteiger partial charge in [0.1, 0.15) is 0 Å². The highest BCUT2D eigenvalue weighted by Gasteiger charge is 2.28. The summed E-state index contributed by atoms with van der Waals surface area (Å²) in [4.78, 5) is 6.58. The Morgan fingerprint density at radius 2 is 0.684 bits per heavy atom. The molecule has 5 aromatic rings. The summed E-state index contributed by atoms with van der Waals surface area (Å²) in [5, 5.41) is 0. The second-order valence-electron chi connectivity index (χ2n) is 7.22. The SMILES string of the molecule is C.[Cl-].[Cl][Al]([Cl])[Cl].c1ccc(Sc2ccc([S+](c3ccccc3)c3ccccc3)cc2)cc1.c1ccccc1. The monoisotopic (exact) mass is 632 g/mol. The van der Waals surface area contributed by atoms with Crippen molar-refractivity contribution >= 4 is 64.2 Å². The van der Waals surface area contributed by atoms with E-state index in [-0.39, 0.29) is 30.7 Å². The van der Waals surface area contributed by atoms with Crippen LogP contribution in [-0.4, -0.2) is 11.4 Å². The van der Waals surface area contributed by atoms with Gasteiger partial charge in [-0.25, -0.2) is 30.1 Å². The highest BCUT2D eigenvalue weighted by Crippen LogP contribution is 2.33. The highest BCUT2D eigenvalue weighted by molar-refractivity contribution is 7.99. The maximum atomic E-state index is 4.94. The second-order valence-corrected chi connectivity index (χ2v) is 16.8. The zero-order valence-corrected chi connectivity index (χ0v) is 25.7. The average Bonchev–Trinajstić information content (AvgIpc) is 2.93. The lowest BCUT2D eigenvalue weighted by molar-refractivity contribution is -0.00000715. The molecular formula is C31H29AlCl4S2. The standard InChI is InChI=1S/C24H19S2.C6H6.CH4.Al.4ClH/c1-4-10-20(11-5-1)25-21-16-18-24(19-17-21)26(22-12-6-2-7-13-22)23-14-8-3-9-15-23;1-2-4-6-5-3-1;;;;;;/h1-19H;1-6H;1H4;;4*1H/q+1;;;+3;;;;/p-4. The minimum Gasteiger partial charge on any atom is -1.00 e. The van der Waals surface area contributed by atoms with Gasteiger partial charge >= 0.3 is 11.4 Å². The van der Waals surface area contributed by atoms with Gasteiger partial charge in [0.25, 0.3) is 0 Å². The Morgan fingerprint density at radius 3 is 1.05 bits per heavy atom. The van der Waals surface area contributed by atoms with E-state index >= 15 is 0 Å². The van der Waals surface area contributed by atoms with Crippen LogP contribution < -0.4 is 12.4 Å². The van der Waals surface area contributed by atoms with Crippen LogP contribution in [0.5, 0.6) is 0 Å². The Hall–Kier alpha value is -1.51. The van der Waals surface area contributed by atoms with Crippen molar-refractivity contribution in [3.8, 4) is 0 Å². The molecule has 0 spiro atoms. The van der Waals surface area contributed by atoms with E-state index in [9.17, 15) is 0 Å². The average molecular weight is 635 g/mol. The minimum absolute atomic E-state index is 0. The Morgan fingerprint density at radius 1 is 0.421 bits per heavy atom. The Labute approximate surface area is 258 Å². The van der Waals surface area contributed by atoms with E-state index in [1.54, 1.807) is 11.8 Å². The third-order valence-electron chi connectivity index (χ3n) is 4.66. The van der Waals surface area contributed by atoms with Gasteiger partial charge in [0.2, 0.25) is 0 Å². The molecule has 0 aliphatic carbocycles. The van der Waals surface area contributed by atoms with E-state index < -0.39 is 11.4 Å². The van der Waals surface area contributed by atoms with Crippen LogP contribution >= 0.6 is 41.9 Å². The van der Waals surface area contributed by atoms with Crippen LogP contribution in [0.3, 0.4) is 0 Å². The minimum atomic E-state index is -1.72. The number of benzene rings is 5. The first-order valence-corrected chi connectivity index (χ1v) is 18.5. The van der Waals surface area contributed by atoms with Gasteiger partial charge in [0.05, 0.1) is 10.9 Å². The van der Waals surface area contributed by atoms with Crippen LogP contribution in [0.15, 0.2) is 176 Å². The summed E-state index contributed by atoms with van der Waals surface area (Å²) in [6, 6.07) is 53.1. The lowest BCUT2D eigenvalue weighted by Crippen LogP contribution is -3.00. The van der Waals surface area contributed by atoms with Crippen molar-refractivity contribution in [3.63, 3.8) is 0 Å². The van der Waals surface area contributed by atoms with E-state index in [1.165, 1.54) is 24.5 Å². The van der Waals surface area contributed by atoms with Crippen molar-refractivity contribution < 1.29 is 12.4 Å². The molecule has 0 amide bonds. The maximum Gasteiger partial charge on any atom is 0.643 e. The molecule has 7 heteroatoms. The van der Waals surface area contributed by atoms with Crippen molar-refractivity contribution in [2.75, 3.05) is 0 Å². The fourth-order valence-corrected chi connectivity index (χ4v) is 6.10. The molecule has 0 bridgehead atoms. The molecule has 0 aromatic heterocycles. The number of halogens is 4. The molecule has 0 unspecified atom stereocenters. The third kappa shape index (κ3) is 13.0. The lowest BCUT2D eigenvalue weighted by atomic mass is 10.3. The lowest BCUT2D eigenvalue weighted by Gasteiger charge is -2.08. The largest absolute Gasteiger partial charge is 1.00 e. The van der Waals surface area contributed by atoms with Gasteiger partial charge < -0.3 is 12.4 Å². The molecule has 0 N–H and O–H groups in total. The molecule has 0 atom stereocenters. The summed E-state index contributed by atoms with van der Waals surface area (Å²) in [7, 11) is 14.8. The molecule has 0 aliphatic heterocycles. The van der Waals surface area contributed by atoms with E-state index in [0.717, 1.165) is 0 Å². The zero-order valence-electron chi connectivity index (χ0n) is 19.8. The topological polar surface area (TPSA) is 0 Å². The molecule has 0 fully saturated rings. The van der Waals surface area contributed by atoms with Gasteiger partial charge in [-0.3, -0.25) is 0 Å². The van der Waals surface area contributed by atoms with Gasteiger partial charge in [-0.15, -0.1) is 0 Å². The molecule has 38 heavy (non-hydrogen) atoms. The fraction of sp³-hybridized carbons (Fsp3) is 0.0323. The smallest absolute Gasteiger partial charge is 0.643 e. The highest BCUT2D eigenvalue weighted by atomic mass is 35.8. The Balaban J connectivity index is 0.000000512. The van der Waals surface area contributed by atoms with E-state index in [1.807, 2.05) is 36.4 Å². The molecule has 0 radical (unpaired) electrons. The number of hydrogen-bond acceptors (Lipinski definition) is 1. The van der Waals surface area contributed by atoms with E-state index in [4.69, 9.17) is 30.1 Å². The quantitative estimate of drug-likeness (QED) is 0.140. The molecule has 5 rings (SSSR count). The first-order chi connectivity index (χ1) is 17.6. The predicted octanol–water partition coefficient (Wildman–Crippen LogP) is 7.95. The zero-order chi connectivity index (χ0) is 25.4. The first kappa shape index (κ1) is 34.5. The van der Waals surface area contributed by atoms with Crippen molar-refractivity contribution in [1.29, 1.82) is 0 Å². The van der Waals surface area contributed by atoms with Gasteiger partial charge in [0, 0.05) is 9.79 Å². The fourth-order valence-electron chi connectivity index (χ4n) is 3.17. The van der Waals surface area contributed by atoms with Crippen LogP contribution in [-0.2, 0) is 10.9 Å². The van der Waals surface area contributed by atoms with Gasteiger partial charge in [0.15, 0.2) is 14.7 Å².